The van der Waals surface area contributed by atoms with Crippen molar-refractivity contribution >= 4 is 21.6 Å². The summed E-state index contributed by atoms with van der Waals surface area (Å²) in [5.74, 6) is 0.728. The summed E-state index contributed by atoms with van der Waals surface area (Å²) in [4.78, 5) is 2.33. The van der Waals surface area contributed by atoms with Gasteiger partial charge in [-0.25, -0.2) is 0 Å². The first-order valence-corrected chi connectivity index (χ1v) is 7.96. The number of halogens is 1. The van der Waals surface area contributed by atoms with Crippen LogP contribution in [-0.2, 0) is 6.54 Å². The van der Waals surface area contributed by atoms with Gasteiger partial charge in [0.25, 0.3) is 0 Å². The molecule has 0 radical (unpaired) electrons. The molecule has 108 valence electrons. The number of rotatable bonds is 7. The zero-order chi connectivity index (χ0) is 14.4. The van der Waals surface area contributed by atoms with Gasteiger partial charge in [-0.3, -0.25) is 0 Å². The van der Waals surface area contributed by atoms with Gasteiger partial charge in [-0.2, -0.15) is 0 Å². The van der Waals surface area contributed by atoms with Crippen molar-refractivity contribution in [3.8, 4) is 0 Å². The Morgan fingerprint density at radius 2 is 1.95 bits per heavy atom. The van der Waals surface area contributed by atoms with Crippen LogP contribution in [0.2, 0.25) is 0 Å². The lowest BCUT2D eigenvalue weighted by molar-refractivity contribution is 0.559. The highest BCUT2D eigenvalue weighted by atomic mass is 79.9. The Hall–Kier alpha value is -0.540. The van der Waals surface area contributed by atoms with Crippen molar-refractivity contribution < 1.29 is 0 Å². The van der Waals surface area contributed by atoms with Crippen molar-refractivity contribution in [3.05, 3.63) is 28.2 Å². The normalized spacial score (nSPS) is 12.8. The smallest absolute Gasteiger partial charge is 0.0375 e. The number of benzene rings is 1. The van der Waals surface area contributed by atoms with E-state index in [1.54, 1.807) is 0 Å². The Morgan fingerprint density at radius 3 is 2.47 bits per heavy atom. The predicted molar refractivity (Wildman–Crippen MR) is 88.8 cm³/mol. The molecule has 0 amide bonds. The van der Waals surface area contributed by atoms with E-state index in [1.165, 1.54) is 22.1 Å². The minimum absolute atomic E-state index is 0.514. The van der Waals surface area contributed by atoms with Gasteiger partial charge in [0.15, 0.2) is 0 Å². The third kappa shape index (κ3) is 5.53. The average molecular weight is 327 g/mol. The average Bonchev–Trinajstić information content (AvgIpc) is 2.36. The molecule has 0 spiro atoms. The van der Waals surface area contributed by atoms with E-state index in [0.717, 1.165) is 19.0 Å². The van der Waals surface area contributed by atoms with Crippen LogP contribution in [0, 0.1) is 5.92 Å². The SMILES string of the molecule is CCC(C)CN(C)c1ccc(CNC(C)C)c(Br)c1. The van der Waals surface area contributed by atoms with Crippen LogP contribution in [0.3, 0.4) is 0 Å². The van der Waals surface area contributed by atoms with E-state index < -0.39 is 0 Å². The van der Waals surface area contributed by atoms with Crippen LogP contribution in [0.25, 0.3) is 0 Å². The van der Waals surface area contributed by atoms with E-state index in [2.05, 4.69) is 79.1 Å². The van der Waals surface area contributed by atoms with Crippen LogP contribution in [0.15, 0.2) is 22.7 Å². The summed E-state index contributed by atoms with van der Waals surface area (Å²) in [7, 11) is 2.17. The van der Waals surface area contributed by atoms with Crippen LogP contribution in [0.4, 0.5) is 5.69 Å². The summed E-state index contributed by atoms with van der Waals surface area (Å²) in [5.41, 5.74) is 2.59. The van der Waals surface area contributed by atoms with Crippen molar-refractivity contribution in [2.24, 2.45) is 5.92 Å². The molecular formula is C16H27BrN2. The zero-order valence-electron chi connectivity index (χ0n) is 12.8. The van der Waals surface area contributed by atoms with E-state index in [9.17, 15) is 0 Å². The van der Waals surface area contributed by atoms with Gasteiger partial charge in [-0.1, -0.05) is 56.1 Å². The first-order valence-electron chi connectivity index (χ1n) is 7.17. The molecule has 1 atom stereocenters. The van der Waals surface area contributed by atoms with Gasteiger partial charge < -0.3 is 10.2 Å². The van der Waals surface area contributed by atoms with Gasteiger partial charge in [-0.15, -0.1) is 0 Å². The molecule has 0 aliphatic carbocycles. The third-order valence-corrected chi connectivity index (χ3v) is 4.20. The predicted octanol–water partition coefficient (Wildman–Crippen LogP) is 4.43. The highest BCUT2D eigenvalue weighted by Gasteiger charge is 2.08. The summed E-state index contributed by atoms with van der Waals surface area (Å²) >= 11 is 3.68. The van der Waals surface area contributed by atoms with Crippen molar-refractivity contribution in [1.29, 1.82) is 0 Å². The van der Waals surface area contributed by atoms with E-state index in [0.29, 0.717) is 6.04 Å². The molecule has 1 aromatic carbocycles. The molecule has 0 heterocycles. The van der Waals surface area contributed by atoms with Crippen LogP contribution in [0.5, 0.6) is 0 Å². The second-order valence-corrected chi connectivity index (χ2v) is 6.56. The minimum atomic E-state index is 0.514. The van der Waals surface area contributed by atoms with Gasteiger partial charge in [0, 0.05) is 36.3 Å². The Balaban J connectivity index is 2.70. The summed E-state index contributed by atoms with van der Waals surface area (Å²) in [6.45, 7) is 10.9. The maximum Gasteiger partial charge on any atom is 0.0375 e. The fourth-order valence-electron chi connectivity index (χ4n) is 1.93. The molecule has 0 fully saturated rings. The number of nitrogens with zero attached hydrogens (tertiary/aromatic N) is 1. The molecule has 1 N–H and O–H groups in total. The molecule has 0 saturated heterocycles. The van der Waals surface area contributed by atoms with Crippen LogP contribution in [0.1, 0.15) is 39.7 Å². The standard InChI is InChI=1S/C16H27BrN2/c1-6-13(4)11-19(5)15-8-7-14(16(17)9-15)10-18-12(2)3/h7-9,12-13,18H,6,10-11H2,1-5H3. The van der Waals surface area contributed by atoms with Crippen LogP contribution >= 0.6 is 15.9 Å². The Labute approximate surface area is 126 Å². The number of anilines is 1. The van der Waals surface area contributed by atoms with Gasteiger partial charge in [0.05, 0.1) is 0 Å². The van der Waals surface area contributed by atoms with Gasteiger partial charge in [0.1, 0.15) is 0 Å². The Morgan fingerprint density at radius 1 is 1.26 bits per heavy atom. The second-order valence-electron chi connectivity index (χ2n) is 5.71. The van der Waals surface area contributed by atoms with Gasteiger partial charge in [-0.05, 0) is 23.6 Å². The lowest BCUT2D eigenvalue weighted by Gasteiger charge is -2.23. The summed E-state index contributed by atoms with van der Waals surface area (Å²) < 4.78 is 1.19. The minimum Gasteiger partial charge on any atom is -0.374 e. The molecule has 19 heavy (non-hydrogen) atoms. The first-order chi connectivity index (χ1) is 8.93. The van der Waals surface area contributed by atoms with Crippen LogP contribution in [-0.4, -0.2) is 19.6 Å². The molecule has 1 unspecified atom stereocenters. The lowest BCUT2D eigenvalue weighted by atomic mass is 10.1. The summed E-state index contributed by atoms with van der Waals surface area (Å²) in [6, 6.07) is 7.16. The van der Waals surface area contributed by atoms with Crippen LogP contribution < -0.4 is 10.2 Å². The molecule has 0 aliphatic heterocycles. The maximum atomic E-state index is 3.68. The van der Waals surface area contributed by atoms with E-state index >= 15 is 0 Å². The molecular weight excluding hydrogens is 300 g/mol. The van der Waals surface area contributed by atoms with Crippen molar-refractivity contribution in [2.45, 2.75) is 46.7 Å². The van der Waals surface area contributed by atoms with Crippen molar-refractivity contribution in [2.75, 3.05) is 18.5 Å². The van der Waals surface area contributed by atoms with Gasteiger partial charge in [0.2, 0.25) is 0 Å². The van der Waals surface area contributed by atoms with Crippen molar-refractivity contribution in [1.82, 2.24) is 5.32 Å². The monoisotopic (exact) mass is 326 g/mol. The van der Waals surface area contributed by atoms with Crippen molar-refractivity contribution in [3.63, 3.8) is 0 Å². The fraction of sp³-hybridized carbons (Fsp3) is 0.625. The largest absolute Gasteiger partial charge is 0.374 e. The third-order valence-electron chi connectivity index (χ3n) is 3.46. The topological polar surface area (TPSA) is 15.3 Å². The molecule has 0 bridgehead atoms. The molecule has 3 heteroatoms. The molecule has 1 rings (SSSR count). The number of nitrogens with one attached hydrogen (secondary N) is 1. The van der Waals surface area contributed by atoms with Gasteiger partial charge >= 0.3 is 0 Å². The molecule has 0 aromatic heterocycles. The maximum absolute atomic E-state index is 3.68. The number of hydrogen-bond acceptors (Lipinski definition) is 2. The van der Waals surface area contributed by atoms with E-state index in [1.807, 2.05) is 0 Å². The highest BCUT2D eigenvalue weighted by Crippen LogP contribution is 2.24. The summed E-state index contributed by atoms with van der Waals surface area (Å²) in [5, 5.41) is 3.45. The number of hydrogen-bond donors (Lipinski definition) is 1. The first kappa shape index (κ1) is 16.5. The Bertz CT molecular complexity index is 390. The second kappa shape index (κ2) is 7.91. The lowest BCUT2D eigenvalue weighted by Crippen LogP contribution is -2.24. The zero-order valence-corrected chi connectivity index (χ0v) is 14.4. The molecule has 2 nitrogen and oxygen atoms in total. The molecule has 1 aromatic rings. The quantitative estimate of drug-likeness (QED) is 0.797. The van der Waals surface area contributed by atoms with E-state index in [-0.39, 0.29) is 0 Å². The highest BCUT2D eigenvalue weighted by molar-refractivity contribution is 9.10. The molecule has 0 saturated carbocycles. The Kier molecular flexibility index (Phi) is 6.87. The fourth-order valence-corrected chi connectivity index (χ4v) is 2.44. The van der Waals surface area contributed by atoms with E-state index in [4.69, 9.17) is 0 Å². The summed E-state index contributed by atoms with van der Waals surface area (Å²) in [6.07, 6.45) is 1.22. The molecule has 0 aliphatic rings.